The van der Waals surface area contributed by atoms with Crippen molar-refractivity contribution in [3.8, 4) is 0 Å². The van der Waals surface area contributed by atoms with Crippen molar-refractivity contribution in [1.82, 2.24) is 4.90 Å². The normalized spacial score (nSPS) is 20.6. The van der Waals surface area contributed by atoms with Gasteiger partial charge in [-0.15, -0.1) is 0 Å². The van der Waals surface area contributed by atoms with Gasteiger partial charge in [-0.1, -0.05) is 18.5 Å². The van der Waals surface area contributed by atoms with Gasteiger partial charge in [0.25, 0.3) is 0 Å². The maximum atomic E-state index is 14.0. The third-order valence-corrected chi connectivity index (χ3v) is 4.08. The summed E-state index contributed by atoms with van der Waals surface area (Å²) in [6, 6.07) is 4.47. The third-order valence-electron chi connectivity index (χ3n) is 3.85. The van der Waals surface area contributed by atoms with Crippen LogP contribution in [0.4, 0.5) is 4.39 Å². The highest BCUT2D eigenvalue weighted by atomic mass is 35.5. The summed E-state index contributed by atoms with van der Waals surface area (Å²) in [7, 11) is 0. The molecule has 0 aromatic heterocycles. The average Bonchev–Trinajstić information content (AvgIpc) is 2.95. The highest BCUT2D eigenvalue weighted by molar-refractivity contribution is 6.30. The molecule has 20 heavy (non-hydrogen) atoms. The van der Waals surface area contributed by atoms with Gasteiger partial charge in [0.1, 0.15) is 5.82 Å². The maximum absolute atomic E-state index is 14.0. The van der Waals surface area contributed by atoms with E-state index in [1.807, 2.05) is 0 Å². The molecule has 3 nitrogen and oxygen atoms in total. The number of likely N-dealkylation sites (N-methyl/N-ethyl adjacent to an activating group) is 1. The van der Waals surface area contributed by atoms with Crippen molar-refractivity contribution < 1.29 is 9.13 Å². The van der Waals surface area contributed by atoms with Gasteiger partial charge in [0, 0.05) is 30.3 Å². The van der Waals surface area contributed by atoms with Crippen LogP contribution in [-0.4, -0.2) is 37.2 Å². The summed E-state index contributed by atoms with van der Waals surface area (Å²) in [5, 5.41) is 0.535. The van der Waals surface area contributed by atoms with Crippen LogP contribution in [0.2, 0.25) is 5.02 Å². The van der Waals surface area contributed by atoms with Crippen LogP contribution in [0.25, 0.3) is 0 Å². The molecule has 0 aliphatic carbocycles. The van der Waals surface area contributed by atoms with Gasteiger partial charge in [-0.3, -0.25) is 4.90 Å². The molecule has 1 aromatic carbocycles. The molecule has 2 rings (SSSR count). The molecule has 2 N–H and O–H groups in total. The molecule has 112 valence electrons. The van der Waals surface area contributed by atoms with Crippen LogP contribution in [0.15, 0.2) is 18.2 Å². The van der Waals surface area contributed by atoms with Crippen LogP contribution < -0.4 is 5.73 Å². The Kier molecular flexibility index (Phi) is 5.78. The van der Waals surface area contributed by atoms with E-state index in [-0.39, 0.29) is 18.0 Å². The molecular weight excluding hydrogens is 279 g/mol. The quantitative estimate of drug-likeness (QED) is 0.878. The molecule has 5 heteroatoms. The van der Waals surface area contributed by atoms with E-state index in [4.69, 9.17) is 22.1 Å². The molecule has 0 amide bonds. The molecule has 2 atom stereocenters. The van der Waals surface area contributed by atoms with E-state index in [0.29, 0.717) is 17.1 Å². The molecule has 0 radical (unpaired) electrons. The fourth-order valence-corrected chi connectivity index (χ4v) is 2.95. The SMILES string of the molecule is CCN(CC1CCCO1)C(CN)c1cc(Cl)ccc1F. The van der Waals surface area contributed by atoms with Crippen LogP contribution in [0, 0.1) is 5.82 Å². The Labute approximate surface area is 124 Å². The lowest BCUT2D eigenvalue weighted by molar-refractivity contribution is 0.0595. The lowest BCUT2D eigenvalue weighted by atomic mass is 10.0. The van der Waals surface area contributed by atoms with E-state index in [0.717, 1.165) is 32.5 Å². The van der Waals surface area contributed by atoms with E-state index in [1.54, 1.807) is 12.1 Å². The number of ether oxygens (including phenoxy) is 1. The van der Waals surface area contributed by atoms with E-state index in [9.17, 15) is 4.39 Å². The second kappa shape index (κ2) is 7.36. The Morgan fingerprint density at radius 2 is 2.35 bits per heavy atom. The van der Waals surface area contributed by atoms with Crippen molar-refractivity contribution in [2.45, 2.75) is 31.9 Å². The molecular formula is C15H22ClFN2O. The van der Waals surface area contributed by atoms with Crippen LogP contribution in [0.1, 0.15) is 31.4 Å². The fourth-order valence-electron chi connectivity index (χ4n) is 2.77. The van der Waals surface area contributed by atoms with Crippen molar-refractivity contribution in [2.75, 3.05) is 26.2 Å². The predicted octanol–water partition coefficient (Wildman–Crippen LogP) is 2.98. The molecule has 2 unspecified atom stereocenters. The summed E-state index contributed by atoms with van der Waals surface area (Å²) < 4.78 is 19.7. The van der Waals surface area contributed by atoms with E-state index >= 15 is 0 Å². The molecule has 1 saturated heterocycles. The zero-order chi connectivity index (χ0) is 14.5. The van der Waals surface area contributed by atoms with Gasteiger partial charge in [0.05, 0.1) is 12.1 Å². The Morgan fingerprint density at radius 1 is 1.55 bits per heavy atom. The first-order valence-corrected chi connectivity index (χ1v) is 7.54. The number of hydrogen-bond acceptors (Lipinski definition) is 3. The van der Waals surface area contributed by atoms with Gasteiger partial charge in [-0.05, 0) is 37.6 Å². The number of halogens is 2. The van der Waals surface area contributed by atoms with Crippen LogP contribution in [-0.2, 0) is 4.74 Å². The van der Waals surface area contributed by atoms with Gasteiger partial charge in [0.15, 0.2) is 0 Å². The Balaban J connectivity index is 2.17. The molecule has 1 fully saturated rings. The molecule has 0 saturated carbocycles. The van der Waals surface area contributed by atoms with E-state index < -0.39 is 0 Å². The highest BCUT2D eigenvalue weighted by Gasteiger charge is 2.25. The summed E-state index contributed by atoms with van der Waals surface area (Å²) in [4.78, 5) is 2.17. The van der Waals surface area contributed by atoms with Gasteiger partial charge in [-0.25, -0.2) is 4.39 Å². The van der Waals surface area contributed by atoms with Crippen LogP contribution >= 0.6 is 11.6 Å². The minimum atomic E-state index is -0.254. The fraction of sp³-hybridized carbons (Fsp3) is 0.600. The van der Waals surface area contributed by atoms with Crippen LogP contribution in [0.5, 0.6) is 0 Å². The Bertz CT molecular complexity index is 438. The van der Waals surface area contributed by atoms with Gasteiger partial charge in [-0.2, -0.15) is 0 Å². The number of hydrogen-bond donors (Lipinski definition) is 1. The van der Waals surface area contributed by atoms with Crippen LogP contribution in [0.3, 0.4) is 0 Å². The van der Waals surface area contributed by atoms with Gasteiger partial charge >= 0.3 is 0 Å². The molecule has 1 aliphatic heterocycles. The summed E-state index contributed by atoms with van der Waals surface area (Å²) in [5.41, 5.74) is 6.45. The van der Waals surface area contributed by atoms with Gasteiger partial charge in [0.2, 0.25) is 0 Å². The Hall–Kier alpha value is -0.680. The first kappa shape index (κ1) is 15.7. The van der Waals surface area contributed by atoms with Crippen molar-refractivity contribution >= 4 is 11.6 Å². The topological polar surface area (TPSA) is 38.5 Å². The predicted molar refractivity (Wildman–Crippen MR) is 79.4 cm³/mol. The zero-order valence-corrected chi connectivity index (χ0v) is 12.6. The smallest absolute Gasteiger partial charge is 0.128 e. The second-order valence-electron chi connectivity index (χ2n) is 5.14. The summed E-state index contributed by atoms with van der Waals surface area (Å²) in [5.74, 6) is -0.254. The van der Waals surface area contributed by atoms with Crippen molar-refractivity contribution in [3.05, 3.63) is 34.6 Å². The van der Waals surface area contributed by atoms with E-state index in [1.165, 1.54) is 6.07 Å². The molecule has 1 heterocycles. The summed E-state index contributed by atoms with van der Waals surface area (Å²) in [6.07, 6.45) is 2.39. The van der Waals surface area contributed by atoms with Crippen molar-refractivity contribution in [3.63, 3.8) is 0 Å². The molecule has 0 spiro atoms. The monoisotopic (exact) mass is 300 g/mol. The first-order chi connectivity index (χ1) is 9.65. The first-order valence-electron chi connectivity index (χ1n) is 7.16. The average molecular weight is 301 g/mol. The third kappa shape index (κ3) is 3.70. The lowest BCUT2D eigenvalue weighted by Gasteiger charge is -2.32. The molecule has 1 aromatic rings. The van der Waals surface area contributed by atoms with Gasteiger partial charge < -0.3 is 10.5 Å². The lowest BCUT2D eigenvalue weighted by Crippen LogP contribution is -2.39. The standard InChI is InChI=1S/C15H22ClFN2O/c1-2-19(10-12-4-3-7-20-12)15(9-18)13-8-11(16)5-6-14(13)17/h5-6,8,12,15H,2-4,7,9-10,18H2,1H3. The number of rotatable bonds is 6. The summed E-state index contributed by atoms with van der Waals surface area (Å²) >= 11 is 5.99. The molecule has 1 aliphatic rings. The number of nitrogens with two attached hydrogens (primary N) is 1. The number of nitrogens with zero attached hydrogens (tertiary/aromatic N) is 1. The summed E-state index contributed by atoms with van der Waals surface area (Å²) in [6.45, 7) is 4.82. The van der Waals surface area contributed by atoms with Crippen molar-refractivity contribution in [2.24, 2.45) is 5.73 Å². The minimum absolute atomic E-state index is 0.164. The maximum Gasteiger partial charge on any atom is 0.128 e. The van der Waals surface area contributed by atoms with Crippen molar-refractivity contribution in [1.29, 1.82) is 0 Å². The van der Waals surface area contributed by atoms with E-state index in [2.05, 4.69) is 11.8 Å². The Morgan fingerprint density at radius 3 is 2.95 bits per heavy atom. The number of benzene rings is 1. The second-order valence-corrected chi connectivity index (χ2v) is 5.58. The highest BCUT2D eigenvalue weighted by Crippen LogP contribution is 2.27. The molecule has 0 bridgehead atoms. The largest absolute Gasteiger partial charge is 0.377 e. The minimum Gasteiger partial charge on any atom is -0.377 e. The zero-order valence-electron chi connectivity index (χ0n) is 11.8.